The molecule has 0 aliphatic carbocycles. The van der Waals surface area contributed by atoms with E-state index in [0.29, 0.717) is 5.92 Å². The van der Waals surface area contributed by atoms with Gasteiger partial charge in [0.2, 0.25) is 0 Å². The summed E-state index contributed by atoms with van der Waals surface area (Å²) in [6.45, 7) is 2.86. The third kappa shape index (κ3) is 1.58. The number of rotatable bonds is 1. The first-order valence-electron chi connectivity index (χ1n) is 5.77. The molecular formula is C11H17N3O. The zero-order valence-electron chi connectivity index (χ0n) is 8.82. The first-order chi connectivity index (χ1) is 7.34. The molecule has 82 valence electrons. The summed E-state index contributed by atoms with van der Waals surface area (Å²) in [4.78, 5) is 4.53. The fourth-order valence-electron chi connectivity index (χ4n) is 2.65. The average Bonchev–Trinajstić information content (AvgIpc) is 2.83. The molecule has 15 heavy (non-hydrogen) atoms. The zero-order valence-corrected chi connectivity index (χ0v) is 8.82. The predicted octanol–water partition coefficient (Wildman–Crippen LogP) is 0.267. The van der Waals surface area contributed by atoms with Gasteiger partial charge in [-0.25, -0.2) is 4.98 Å². The first-order valence-corrected chi connectivity index (χ1v) is 5.77. The minimum Gasteiger partial charge on any atom is -0.391 e. The van der Waals surface area contributed by atoms with Gasteiger partial charge in [-0.2, -0.15) is 0 Å². The van der Waals surface area contributed by atoms with Gasteiger partial charge in [-0.1, -0.05) is 0 Å². The molecule has 0 amide bonds. The van der Waals surface area contributed by atoms with Gasteiger partial charge in [0.1, 0.15) is 5.82 Å². The van der Waals surface area contributed by atoms with Crippen LogP contribution in [0.25, 0.3) is 0 Å². The highest BCUT2D eigenvalue weighted by molar-refractivity contribution is 5.13. The second kappa shape index (κ2) is 3.61. The minimum atomic E-state index is -0.181. The molecule has 2 unspecified atom stereocenters. The third-order valence-corrected chi connectivity index (χ3v) is 3.52. The van der Waals surface area contributed by atoms with Crippen molar-refractivity contribution in [1.29, 1.82) is 0 Å². The summed E-state index contributed by atoms with van der Waals surface area (Å²) in [5.74, 6) is 1.72. The van der Waals surface area contributed by atoms with Gasteiger partial charge in [-0.3, -0.25) is 0 Å². The van der Waals surface area contributed by atoms with E-state index in [9.17, 15) is 5.11 Å². The smallest absolute Gasteiger partial charge is 0.113 e. The Morgan fingerprint density at radius 1 is 1.47 bits per heavy atom. The van der Waals surface area contributed by atoms with Crippen molar-refractivity contribution in [2.75, 3.05) is 13.1 Å². The maximum Gasteiger partial charge on any atom is 0.113 e. The second-order valence-corrected chi connectivity index (χ2v) is 4.60. The molecule has 0 aromatic carbocycles. The Morgan fingerprint density at radius 2 is 2.40 bits per heavy atom. The Balaban J connectivity index is 1.92. The SMILES string of the molecule is OC1CCc2cnc(C3CCNC3)n2C1. The van der Waals surface area contributed by atoms with Crippen molar-refractivity contribution >= 4 is 0 Å². The summed E-state index contributed by atoms with van der Waals surface area (Å²) in [6.07, 6.45) is 4.83. The Morgan fingerprint density at radius 3 is 3.20 bits per heavy atom. The van der Waals surface area contributed by atoms with Crippen molar-refractivity contribution in [3.8, 4) is 0 Å². The van der Waals surface area contributed by atoms with Gasteiger partial charge in [-0.15, -0.1) is 0 Å². The van der Waals surface area contributed by atoms with Gasteiger partial charge >= 0.3 is 0 Å². The summed E-state index contributed by atoms with van der Waals surface area (Å²) < 4.78 is 2.23. The van der Waals surface area contributed by atoms with Gasteiger partial charge in [0.25, 0.3) is 0 Å². The molecule has 2 aliphatic rings. The summed E-state index contributed by atoms with van der Waals surface area (Å²) in [5.41, 5.74) is 1.29. The Bertz CT molecular complexity index is 355. The summed E-state index contributed by atoms with van der Waals surface area (Å²) in [5, 5.41) is 13.0. The lowest BCUT2D eigenvalue weighted by atomic mass is 10.1. The van der Waals surface area contributed by atoms with E-state index in [1.165, 1.54) is 17.9 Å². The molecular weight excluding hydrogens is 190 g/mol. The van der Waals surface area contributed by atoms with Crippen LogP contribution in [0.4, 0.5) is 0 Å². The number of nitrogens with zero attached hydrogens (tertiary/aromatic N) is 2. The van der Waals surface area contributed by atoms with Crippen LogP contribution in [0.5, 0.6) is 0 Å². The topological polar surface area (TPSA) is 50.1 Å². The number of hydrogen-bond donors (Lipinski definition) is 2. The second-order valence-electron chi connectivity index (χ2n) is 4.60. The van der Waals surface area contributed by atoms with E-state index >= 15 is 0 Å². The van der Waals surface area contributed by atoms with E-state index in [0.717, 1.165) is 32.5 Å². The van der Waals surface area contributed by atoms with Crippen LogP contribution in [-0.4, -0.2) is 33.9 Å². The average molecular weight is 207 g/mol. The summed E-state index contributed by atoms with van der Waals surface area (Å²) in [7, 11) is 0. The van der Waals surface area contributed by atoms with Crippen molar-refractivity contribution in [3.63, 3.8) is 0 Å². The van der Waals surface area contributed by atoms with Crippen LogP contribution < -0.4 is 5.32 Å². The molecule has 0 radical (unpaired) electrons. The fourth-order valence-corrected chi connectivity index (χ4v) is 2.65. The van der Waals surface area contributed by atoms with Crippen molar-refractivity contribution in [2.24, 2.45) is 0 Å². The monoisotopic (exact) mass is 207 g/mol. The van der Waals surface area contributed by atoms with Gasteiger partial charge < -0.3 is 15.0 Å². The molecule has 2 atom stereocenters. The highest BCUT2D eigenvalue weighted by atomic mass is 16.3. The molecule has 0 saturated carbocycles. The molecule has 0 bridgehead atoms. The molecule has 1 fully saturated rings. The number of hydrogen-bond acceptors (Lipinski definition) is 3. The number of aliphatic hydroxyl groups is 1. The predicted molar refractivity (Wildman–Crippen MR) is 56.8 cm³/mol. The maximum atomic E-state index is 9.68. The molecule has 2 aliphatic heterocycles. The van der Waals surface area contributed by atoms with Crippen LogP contribution in [0, 0.1) is 0 Å². The molecule has 3 heterocycles. The van der Waals surface area contributed by atoms with Gasteiger partial charge in [-0.05, 0) is 25.8 Å². The Kier molecular flexibility index (Phi) is 2.25. The van der Waals surface area contributed by atoms with E-state index < -0.39 is 0 Å². The van der Waals surface area contributed by atoms with Gasteiger partial charge in [0.15, 0.2) is 0 Å². The van der Waals surface area contributed by atoms with Gasteiger partial charge in [0.05, 0.1) is 12.6 Å². The summed E-state index contributed by atoms with van der Waals surface area (Å²) >= 11 is 0. The lowest BCUT2D eigenvalue weighted by Crippen LogP contribution is -2.26. The normalized spacial score (nSPS) is 30.5. The first kappa shape index (κ1) is 9.36. The van der Waals surface area contributed by atoms with Crippen LogP contribution in [-0.2, 0) is 13.0 Å². The van der Waals surface area contributed by atoms with Crippen LogP contribution in [0.1, 0.15) is 30.3 Å². The number of imidazole rings is 1. The van der Waals surface area contributed by atoms with Crippen LogP contribution >= 0.6 is 0 Å². The largest absolute Gasteiger partial charge is 0.391 e. The molecule has 4 heteroatoms. The van der Waals surface area contributed by atoms with Crippen LogP contribution in [0.3, 0.4) is 0 Å². The lowest BCUT2D eigenvalue weighted by molar-refractivity contribution is 0.129. The van der Waals surface area contributed by atoms with E-state index in [-0.39, 0.29) is 6.10 Å². The molecule has 1 aromatic rings. The van der Waals surface area contributed by atoms with Crippen molar-refractivity contribution in [2.45, 2.75) is 37.8 Å². The number of aliphatic hydroxyl groups excluding tert-OH is 1. The van der Waals surface area contributed by atoms with E-state index in [1.807, 2.05) is 6.20 Å². The van der Waals surface area contributed by atoms with Crippen LogP contribution in [0.15, 0.2) is 6.20 Å². The van der Waals surface area contributed by atoms with Gasteiger partial charge in [0, 0.05) is 24.4 Å². The van der Waals surface area contributed by atoms with Crippen molar-refractivity contribution in [1.82, 2.24) is 14.9 Å². The van der Waals surface area contributed by atoms with E-state index in [1.54, 1.807) is 0 Å². The third-order valence-electron chi connectivity index (χ3n) is 3.52. The molecule has 1 saturated heterocycles. The van der Waals surface area contributed by atoms with Crippen molar-refractivity contribution in [3.05, 3.63) is 17.7 Å². The fraction of sp³-hybridized carbons (Fsp3) is 0.727. The van der Waals surface area contributed by atoms with Crippen LogP contribution in [0.2, 0.25) is 0 Å². The van der Waals surface area contributed by atoms with E-state index in [2.05, 4.69) is 14.9 Å². The van der Waals surface area contributed by atoms with Crippen molar-refractivity contribution < 1.29 is 5.11 Å². The number of aromatic nitrogens is 2. The number of fused-ring (bicyclic) bond motifs is 1. The Hall–Kier alpha value is -0.870. The maximum absolute atomic E-state index is 9.68. The minimum absolute atomic E-state index is 0.181. The molecule has 4 nitrogen and oxygen atoms in total. The quantitative estimate of drug-likeness (QED) is 0.695. The zero-order chi connectivity index (χ0) is 10.3. The highest BCUT2D eigenvalue weighted by Crippen LogP contribution is 2.25. The lowest BCUT2D eigenvalue weighted by Gasteiger charge is -2.23. The Labute approximate surface area is 89.3 Å². The summed E-state index contributed by atoms with van der Waals surface area (Å²) in [6, 6.07) is 0. The molecule has 1 aromatic heterocycles. The molecule has 0 spiro atoms. The number of nitrogens with one attached hydrogen (secondary N) is 1. The van der Waals surface area contributed by atoms with E-state index in [4.69, 9.17) is 0 Å². The molecule has 2 N–H and O–H groups in total. The highest BCUT2D eigenvalue weighted by Gasteiger charge is 2.26. The molecule has 3 rings (SSSR count). The number of aryl methyl sites for hydroxylation is 1. The standard InChI is InChI=1S/C11H17N3O/c15-10-2-1-9-6-13-11(14(9)7-10)8-3-4-12-5-8/h6,8,10,12,15H,1-5,7H2.